The number of hydrogen-bond donors (Lipinski definition) is 0. The summed E-state index contributed by atoms with van der Waals surface area (Å²) >= 11 is 3.15. The molecule has 0 spiro atoms. The van der Waals surface area contributed by atoms with Gasteiger partial charge in [0, 0.05) is 23.5 Å². The monoisotopic (exact) mass is 708 g/mol. The van der Waals surface area contributed by atoms with Gasteiger partial charge < -0.3 is 8.92 Å². The van der Waals surface area contributed by atoms with E-state index in [1.54, 1.807) is 53.0 Å². The lowest BCUT2D eigenvalue weighted by Gasteiger charge is -2.09. The second-order valence-corrected chi connectivity index (χ2v) is 13.6. The van der Waals surface area contributed by atoms with Gasteiger partial charge in [-0.3, -0.25) is 13.6 Å². The number of esters is 1. The highest BCUT2D eigenvalue weighted by atomic mass is 35.5. The summed E-state index contributed by atoms with van der Waals surface area (Å²) in [5.74, 6) is -1.64. The fourth-order valence-corrected chi connectivity index (χ4v) is 7.90. The Labute approximate surface area is 282 Å². The number of halogens is 2. The Balaban J connectivity index is 0.00000186. The molecule has 8 rings (SSSR count). The molecule has 9 nitrogen and oxygen atoms in total. The standard InChI is InChI=1S/C32H20N4O5S3.2ClH/c37-30(40-22-9-5-7-20(15-22)24-17-35-26-11-1-3-13-28(26)42-31(35)33-24)19-44(38,39)41-23-10-6-8-21(16-23)25-18-36-27-12-2-4-14-29(27)43-32(36)34-25;;/h1-18H,19H2;2*1H. The predicted molar refractivity (Wildman–Crippen MR) is 187 cm³/mol. The van der Waals surface area contributed by atoms with Gasteiger partial charge >= 0.3 is 16.1 Å². The van der Waals surface area contributed by atoms with Crippen LogP contribution in [0.2, 0.25) is 0 Å². The Bertz CT molecular complexity index is 2500. The number of aromatic nitrogens is 4. The smallest absolute Gasteiger partial charge is 0.330 e. The van der Waals surface area contributed by atoms with E-state index in [1.807, 2.05) is 81.9 Å². The van der Waals surface area contributed by atoms with E-state index in [1.165, 1.54) is 6.07 Å². The van der Waals surface area contributed by atoms with Crippen LogP contribution in [0.15, 0.2) is 109 Å². The summed E-state index contributed by atoms with van der Waals surface area (Å²) in [4.78, 5) is 23.8. The summed E-state index contributed by atoms with van der Waals surface area (Å²) < 4.78 is 42.6. The number of rotatable bonds is 7. The number of benzene rings is 4. The van der Waals surface area contributed by atoms with Crippen molar-refractivity contribution in [3.05, 3.63) is 109 Å². The molecule has 4 aromatic carbocycles. The van der Waals surface area contributed by atoms with Gasteiger partial charge in [0.1, 0.15) is 11.5 Å². The minimum atomic E-state index is -4.30. The average Bonchev–Trinajstić information content (AvgIpc) is 3.76. The van der Waals surface area contributed by atoms with Crippen LogP contribution in [-0.2, 0) is 14.9 Å². The third kappa shape index (κ3) is 5.93. The van der Waals surface area contributed by atoms with E-state index in [4.69, 9.17) is 18.9 Å². The minimum Gasteiger partial charge on any atom is -0.426 e. The van der Waals surface area contributed by atoms with Crippen LogP contribution < -0.4 is 8.92 Å². The molecule has 232 valence electrons. The predicted octanol–water partition coefficient (Wildman–Crippen LogP) is 7.90. The van der Waals surface area contributed by atoms with Gasteiger partial charge in [-0.25, -0.2) is 9.97 Å². The molecule has 0 bridgehead atoms. The number of carbonyl (C=O) groups excluding carboxylic acids is 1. The summed E-state index contributed by atoms with van der Waals surface area (Å²) in [6.45, 7) is 0. The van der Waals surface area contributed by atoms with Crippen molar-refractivity contribution in [2.24, 2.45) is 0 Å². The second kappa shape index (κ2) is 12.4. The second-order valence-electron chi connectivity index (χ2n) is 10.0. The van der Waals surface area contributed by atoms with Crippen molar-refractivity contribution >= 4 is 93.9 Å². The van der Waals surface area contributed by atoms with E-state index in [-0.39, 0.29) is 36.3 Å². The van der Waals surface area contributed by atoms with E-state index in [9.17, 15) is 13.2 Å². The maximum Gasteiger partial charge on any atom is 0.330 e. The van der Waals surface area contributed by atoms with Crippen molar-refractivity contribution in [1.82, 2.24) is 18.8 Å². The van der Waals surface area contributed by atoms with Crippen LogP contribution in [0.1, 0.15) is 0 Å². The first-order valence-corrected chi connectivity index (χ1v) is 16.7. The summed E-state index contributed by atoms with van der Waals surface area (Å²) in [5, 5.41) is 0. The molecule has 0 aliphatic rings. The van der Waals surface area contributed by atoms with Gasteiger partial charge in [0.25, 0.3) is 0 Å². The molecule has 0 radical (unpaired) electrons. The Kier molecular flexibility index (Phi) is 8.49. The minimum absolute atomic E-state index is 0. The number of carbonyl (C=O) groups is 1. The molecule has 0 saturated heterocycles. The van der Waals surface area contributed by atoms with Crippen molar-refractivity contribution in [1.29, 1.82) is 0 Å². The lowest BCUT2D eigenvalue weighted by Crippen LogP contribution is -2.24. The van der Waals surface area contributed by atoms with E-state index in [2.05, 4.69) is 0 Å². The Morgan fingerprint density at radius 1 is 0.674 bits per heavy atom. The molecule has 0 atom stereocenters. The lowest BCUT2D eigenvalue weighted by atomic mass is 10.1. The lowest BCUT2D eigenvalue weighted by molar-refractivity contribution is -0.131. The quantitative estimate of drug-likeness (QED) is 0.0942. The summed E-state index contributed by atoms with van der Waals surface area (Å²) in [7, 11) is -4.30. The number of imidazole rings is 2. The molecule has 0 unspecified atom stereocenters. The van der Waals surface area contributed by atoms with E-state index < -0.39 is 21.8 Å². The molecule has 0 amide bonds. The normalized spacial score (nSPS) is 11.5. The zero-order valence-corrected chi connectivity index (χ0v) is 27.6. The fourth-order valence-electron chi connectivity index (χ4n) is 5.08. The van der Waals surface area contributed by atoms with Crippen molar-refractivity contribution in [2.75, 3.05) is 5.75 Å². The Morgan fingerprint density at radius 3 is 1.74 bits per heavy atom. The van der Waals surface area contributed by atoms with Gasteiger partial charge in [0.05, 0.1) is 31.8 Å². The van der Waals surface area contributed by atoms with Crippen molar-refractivity contribution < 1.29 is 22.1 Å². The van der Waals surface area contributed by atoms with Crippen LogP contribution in [0, 0.1) is 0 Å². The molecule has 46 heavy (non-hydrogen) atoms. The van der Waals surface area contributed by atoms with Gasteiger partial charge in [-0.15, -0.1) is 24.8 Å². The molecule has 14 heteroatoms. The number of nitrogens with zero attached hydrogens (tertiary/aromatic N) is 4. The van der Waals surface area contributed by atoms with Crippen LogP contribution in [0.4, 0.5) is 0 Å². The van der Waals surface area contributed by atoms with E-state index >= 15 is 0 Å². The maximum absolute atomic E-state index is 12.8. The highest BCUT2D eigenvalue weighted by molar-refractivity contribution is 7.87. The molecule has 0 aliphatic carbocycles. The highest BCUT2D eigenvalue weighted by Gasteiger charge is 2.22. The van der Waals surface area contributed by atoms with Crippen LogP contribution in [0.25, 0.3) is 52.9 Å². The zero-order valence-electron chi connectivity index (χ0n) is 23.5. The molecule has 4 heterocycles. The molecule has 0 fully saturated rings. The molecular formula is C32H22Cl2N4O5S3. The van der Waals surface area contributed by atoms with Crippen molar-refractivity contribution in [2.45, 2.75) is 0 Å². The molecule has 0 aliphatic heterocycles. The van der Waals surface area contributed by atoms with Crippen LogP contribution >= 0.6 is 47.5 Å². The topological polar surface area (TPSA) is 104 Å². The van der Waals surface area contributed by atoms with Gasteiger partial charge in [-0.2, -0.15) is 8.42 Å². The van der Waals surface area contributed by atoms with Crippen LogP contribution in [-0.4, -0.2) is 38.9 Å². The first-order chi connectivity index (χ1) is 21.4. The summed E-state index contributed by atoms with van der Waals surface area (Å²) in [6.07, 6.45) is 3.83. The van der Waals surface area contributed by atoms with Gasteiger partial charge in [-0.1, -0.05) is 71.2 Å². The fraction of sp³-hybridized carbons (Fsp3) is 0.0312. The van der Waals surface area contributed by atoms with Gasteiger partial charge in [-0.05, 0) is 48.5 Å². The first-order valence-electron chi connectivity index (χ1n) is 13.5. The first kappa shape index (κ1) is 31.5. The molecule has 4 aromatic heterocycles. The third-order valence-corrected chi connectivity index (χ3v) is 10.1. The number of para-hydroxylation sites is 2. The highest BCUT2D eigenvalue weighted by Crippen LogP contribution is 2.32. The van der Waals surface area contributed by atoms with Crippen LogP contribution in [0.5, 0.6) is 11.5 Å². The largest absolute Gasteiger partial charge is 0.426 e. The average molecular weight is 710 g/mol. The maximum atomic E-state index is 12.8. The molecule has 0 saturated carbocycles. The number of thiazole rings is 2. The van der Waals surface area contributed by atoms with Crippen molar-refractivity contribution in [3.8, 4) is 34.0 Å². The zero-order chi connectivity index (χ0) is 29.8. The van der Waals surface area contributed by atoms with Gasteiger partial charge in [0.15, 0.2) is 15.7 Å². The van der Waals surface area contributed by atoms with E-state index in [0.29, 0.717) is 17.0 Å². The summed E-state index contributed by atoms with van der Waals surface area (Å²) in [5.41, 5.74) is 4.91. The number of hydrogen-bond acceptors (Lipinski definition) is 9. The summed E-state index contributed by atoms with van der Waals surface area (Å²) in [6, 6.07) is 29.5. The van der Waals surface area contributed by atoms with Crippen molar-refractivity contribution in [3.63, 3.8) is 0 Å². The Morgan fingerprint density at radius 2 is 1.17 bits per heavy atom. The van der Waals surface area contributed by atoms with Crippen LogP contribution in [0.3, 0.4) is 0 Å². The Hall–Kier alpha value is -4.46. The third-order valence-electron chi connectivity index (χ3n) is 7.01. The number of ether oxygens (including phenoxy) is 1. The molecule has 0 N–H and O–H groups in total. The molecular weight excluding hydrogens is 687 g/mol. The SMILES string of the molecule is Cl.Cl.O=C(CS(=O)(=O)Oc1cccc(-c2cn3c(n2)sc2ccccc23)c1)Oc1cccc(-c2cn3c(n2)sc2ccccc23)c1. The molecule has 8 aromatic rings. The van der Waals surface area contributed by atoms with Gasteiger partial charge in [0.2, 0.25) is 0 Å². The number of fused-ring (bicyclic) bond motifs is 6. The van der Waals surface area contributed by atoms with E-state index in [0.717, 1.165) is 35.9 Å².